The summed E-state index contributed by atoms with van der Waals surface area (Å²) in [5.41, 5.74) is 6.88. The van der Waals surface area contributed by atoms with Crippen molar-refractivity contribution >= 4 is 51.2 Å². The van der Waals surface area contributed by atoms with E-state index in [0.29, 0.717) is 27.7 Å². The highest BCUT2D eigenvalue weighted by Crippen LogP contribution is 2.42. The summed E-state index contributed by atoms with van der Waals surface area (Å²) in [7, 11) is 0. The predicted molar refractivity (Wildman–Crippen MR) is 120 cm³/mol. The Labute approximate surface area is 206 Å². The number of fused-ring (bicyclic) bond motifs is 2. The number of nitrogens with zero attached hydrogens (tertiary/aromatic N) is 3. The number of imidazole rings is 1. The van der Waals surface area contributed by atoms with Crippen LogP contribution in [0.4, 0.5) is 32.2 Å². The Morgan fingerprint density at radius 1 is 1.15 bits per heavy atom. The van der Waals surface area contributed by atoms with Gasteiger partial charge in [-0.25, -0.2) is 9.97 Å². The fourth-order valence-corrected chi connectivity index (χ4v) is 5.05. The zero-order chi connectivity index (χ0) is 24.7. The van der Waals surface area contributed by atoms with Crippen LogP contribution < -0.4 is 20.5 Å². The third-order valence-corrected chi connectivity index (χ3v) is 7.16. The molecular weight excluding hydrogens is 603 g/mol. The fraction of sp³-hybridized carbons (Fsp3) is 0.368. The van der Waals surface area contributed by atoms with Gasteiger partial charge in [0.2, 0.25) is 12.8 Å². The molecule has 0 atom stereocenters. The normalized spacial score (nSPS) is 13.9. The Morgan fingerprint density at radius 2 is 1.82 bits per heavy atom. The van der Waals surface area contributed by atoms with Gasteiger partial charge in [-0.2, -0.15) is 26.3 Å². The summed E-state index contributed by atoms with van der Waals surface area (Å²) < 4.78 is 89.9. The van der Waals surface area contributed by atoms with Crippen molar-refractivity contribution in [2.75, 3.05) is 19.1 Å². The first-order valence-corrected chi connectivity index (χ1v) is 11.6. The molecule has 1 aliphatic rings. The maximum absolute atomic E-state index is 12.8. The molecule has 0 aliphatic carbocycles. The first-order chi connectivity index (χ1) is 15.9. The number of benzene rings is 1. The molecule has 0 saturated carbocycles. The predicted octanol–water partition coefficient (Wildman–Crippen LogP) is 4.97. The largest absolute Gasteiger partial charge is 0.454 e. The highest BCUT2D eigenvalue weighted by Gasteiger charge is 2.56. The molecule has 1 aromatic carbocycles. The zero-order valence-electron chi connectivity index (χ0n) is 17.0. The molecule has 3 N–H and O–H groups in total. The molecule has 3 aromatic rings. The minimum atomic E-state index is -5.45. The Kier molecular flexibility index (Phi) is 6.97. The molecule has 0 unspecified atom stereocenters. The number of nitrogens with one attached hydrogen (secondary N) is 1. The number of hydrogen-bond acceptors (Lipinski definition) is 7. The van der Waals surface area contributed by atoms with E-state index in [0.717, 1.165) is 8.47 Å². The first kappa shape index (κ1) is 25.0. The van der Waals surface area contributed by atoms with Crippen LogP contribution in [-0.4, -0.2) is 46.3 Å². The molecule has 1 aliphatic heterocycles. The fourth-order valence-electron chi connectivity index (χ4n) is 3.32. The second kappa shape index (κ2) is 9.49. The molecular formula is C19H16F6IN5O2S. The Bertz CT molecular complexity index is 1190. The molecule has 0 fully saturated rings. The van der Waals surface area contributed by atoms with Gasteiger partial charge in [0.25, 0.3) is 0 Å². The number of ether oxygens (including phenoxy) is 2. The standard InChI is InChI=1S/C19H16F6IN5O2S/c20-18(21,22)16(19(23,24)25)29-3-1-5-31-10-2-4-28-15(27)14(10)30-17(31)34-13-7-12-11(6-9(13)26)32-8-33-12/h2,4,6-7,16,29H,1,3,5,8H2,(H2,27,28). The number of rotatable bonds is 7. The van der Waals surface area contributed by atoms with E-state index in [2.05, 4.69) is 32.6 Å². The Balaban J connectivity index is 1.56. The van der Waals surface area contributed by atoms with Crippen LogP contribution in [0.15, 0.2) is 34.4 Å². The van der Waals surface area contributed by atoms with E-state index < -0.39 is 24.9 Å². The summed E-state index contributed by atoms with van der Waals surface area (Å²) in [6.07, 6.45) is -9.47. The van der Waals surface area contributed by atoms with Crippen LogP contribution in [0.25, 0.3) is 11.0 Å². The number of aryl methyl sites for hydroxylation is 1. The lowest BCUT2D eigenvalue weighted by Gasteiger charge is -2.24. The monoisotopic (exact) mass is 619 g/mol. The van der Waals surface area contributed by atoms with Gasteiger partial charge < -0.3 is 19.8 Å². The van der Waals surface area contributed by atoms with E-state index in [1.165, 1.54) is 18.0 Å². The molecule has 0 amide bonds. The van der Waals surface area contributed by atoms with Crippen LogP contribution in [0.5, 0.6) is 11.5 Å². The van der Waals surface area contributed by atoms with E-state index in [4.69, 9.17) is 15.2 Å². The molecule has 184 valence electrons. The molecule has 34 heavy (non-hydrogen) atoms. The zero-order valence-corrected chi connectivity index (χ0v) is 20.0. The van der Waals surface area contributed by atoms with Crippen LogP contribution >= 0.6 is 34.4 Å². The van der Waals surface area contributed by atoms with Crippen LogP contribution in [0, 0.1) is 3.57 Å². The van der Waals surface area contributed by atoms with Gasteiger partial charge in [-0.3, -0.25) is 5.32 Å². The highest BCUT2D eigenvalue weighted by molar-refractivity contribution is 14.1. The van der Waals surface area contributed by atoms with Crippen molar-refractivity contribution in [1.29, 1.82) is 0 Å². The van der Waals surface area contributed by atoms with E-state index in [9.17, 15) is 26.3 Å². The lowest BCUT2D eigenvalue weighted by Crippen LogP contribution is -2.52. The third kappa shape index (κ3) is 5.25. The molecule has 15 heteroatoms. The van der Waals surface area contributed by atoms with E-state index in [1.54, 1.807) is 28.1 Å². The molecule has 0 saturated heterocycles. The first-order valence-electron chi connectivity index (χ1n) is 9.69. The highest BCUT2D eigenvalue weighted by atomic mass is 127. The smallest absolute Gasteiger partial charge is 0.412 e. The molecule has 0 radical (unpaired) electrons. The van der Waals surface area contributed by atoms with Gasteiger partial charge in [0.15, 0.2) is 22.5 Å². The van der Waals surface area contributed by atoms with Gasteiger partial charge in [-0.05, 0) is 53.8 Å². The molecule has 4 rings (SSSR count). The number of pyridine rings is 1. The summed E-state index contributed by atoms with van der Waals surface area (Å²) in [5, 5.41) is 2.02. The minimum Gasteiger partial charge on any atom is -0.454 e. The van der Waals surface area contributed by atoms with Gasteiger partial charge in [-0.1, -0.05) is 11.8 Å². The summed E-state index contributed by atoms with van der Waals surface area (Å²) in [6.45, 7) is -0.321. The lowest BCUT2D eigenvalue weighted by atomic mass is 10.2. The maximum atomic E-state index is 12.8. The molecule has 3 heterocycles. The topological polar surface area (TPSA) is 87.2 Å². The van der Waals surface area contributed by atoms with Crippen molar-refractivity contribution < 1.29 is 35.8 Å². The number of nitrogen functional groups attached to an aromatic ring is 1. The number of aromatic nitrogens is 3. The number of hydrogen-bond donors (Lipinski definition) is 2. The van der Waals surface area contributed by atoms with Crippen LogP contribution in [0.1, 0.15) is 6.42 Å². The van der Waals surface area contributed by atoms with E-state index >= 15 is 0 Å². The van der Waals surface area contributed by atoms with Crippen LogP contribution in [-0.2, 0) is 6.54 Å². The molecule has 0 bridgehead atoms. The quantitative estimate of drug-likeness (QED) is 0.220. The number of halogens is 7. The van der Waals surface area contributed by atoms with Crippen molar-refractivity contribution in [2.45, 2.75) is 41.4 Å². The summed E-state index contributed by atoms with van der Waals surface area (Å²) in [5.74, 6) is 1.32. The van der Waals surface area contributed by atoms with Crippen molar-refractivity contribution in [3.63, 3.8) is 0 Å². The van der Waals surface area contributed by atoms with Crippen LogP contribution in [0.2, 0.25) is 0 Å². The molecule has 2 aromatic heterocycles. The van der Waals surface area contributed by atoms with Gasteiger partial charge in [0.1, 0.15) is 5.52 Å². The van der Waals surface area contributed by atoms with E-state index in [-0.39, 0.29) is 25.6 Å². The van der Waals surface area contributed by atoms with Crippen molar-refractivity contribution in [2.24, 2.45) is 0 Å². The van der Waals surface area contributed by atoms with Crippen LogP contribution in [0.3, 0.4) is 0 Å². The van der Waals surface area contributed by atoms with Crippen molar-refractivity contribution in [1.82, 2.24) is 19.9 Å². The van der Waals surface area contributed by atoms with Crippen molar-refractivity contribution in [3.05, 3.63) is 28.0 Å². The Morgan fingerprint density at radius 3 is 2.50 bits per heavy atom. The average Bonchev–Trinajstić information content (AvgIpc) is 3.31. The SMILES string of the molecule is Nc1nccc2c1nc(Sc1cc3c(cc1I)OCO3)n2CCCNC(C(F)(F)F)C(F)(F)F. The number of nitrogens with two attached hydrogens (primary N) is 1. The van der Waals surface area contributed by atoms with E-state index in [1.807, 2.05) is 0 Å². The van der Waals surface area contributed by atoms with Gasteiger partial charge >= 0.3 is 12.4 Å². The second-order valence-electron chi connectivity index (χ2n) is 7.17. The van der Waals surface area contributed by atoms with Crippen molar-refractivity contribution in [3.8, 4) is 11.5 Å². The van der Waals surface area contributed by atoms with Gasteiger partial charge in [0.05, 0.1) is 5.52 Å². The summed E-state index contributed by atoms with van der Waals surface area (Å²) in [6, 6.07) is 1.61. The van der Waals surface area contributed by atoms with Gasteiger partial charge in [-0.15, -0.1) is 0 Å². The summed E-state index contributed by atoms with van der Waals surface area (Å²) in [4.78, 5) is 9.29. The summed E-state index contributed by atoms with van der Waals surface area (Å²) >= 11 is 3.38. The second-order valence-corrected chi connectivity index (χ2v) is 9.34. The molecule has 7 nitrogen and oxygen atoms in total. The number of anilines is 1. The third-order valence-electron chi connectivity index (χ3n) is 4.85. The lowest BCUT2D eigenvalue weighted by molar-refractivity contribution is -0.258. The maximum Gasteiger partial charge on any atom is 0.412 e. The number of alkyl halides is 6. The minimum absolute atomic E-state index is 0.0257. The average molecular weight is 619 g/mol. The van der Waals surface area contributed by atoms with Gasteiger partial charge in [0, 0.05) is 21.2 Å². The Hall–Kier alpha value is -2.14. The molecule has 0 spiro atoms.